The van der Waals surface area contributed by atoms with Crippen LogP contribution in [0.3, 0.4) is 0 Å². The first-order valence-corrected chi connectivity index (χ1v) is 10.3. The second kappa shape index (κ2) is 13.5. The number of piperazine rings is 1. The molecule has 27 heavy (non-hydrogen) atoms. The first-order chi connectivity index (χ1) is 13.3. The van der Waals surface area contributed by atoms with E-state index in [0.717, 1.165) is 38.6 Å². The number of hydrogen-bond donors (Lipinski definition) is 2. The quantitative estimate of drug-likeness (QED) is 0.351. The van der Waals surface area contributed by atoms with Crippen LogP contribution in [0.4, 0.5) is 0 Å². The molecule has 0 spiro atoms. The van der Waals surface area contributed by atoms with Crippen LogP contribution < -0.4 is 10.6 Å². The van der Waals surface area contributed by atoms with Gasteiger partial charge in [-0.25, -0.2) is 0 Å². The third-order valence-corrected chi connectivity index (χ3v) is 4.81. The van der Waals surface area contributed by atoms with Crippen molar-refractivity contribution in [2.24, 2.45) is 4.99 Å². The van der Waals surface area contributed by atoms with Crippen LogP contribution in [0.15, 0.2) is 35.3 Å². The molecule has 1 aliphatic rings. The minimum atomic E-state index is 0.695. The lowest BCUT2D eigenvalue weighted by atomic mass is 10.2. The highest BCUT2D eigenvalue weighted by Gasteiger charge is 2.16. The summed E-state index contributed by atoms with van der Waals surface area (Å²) in [5, 5.41) is 6.56. The maximum absolute atomic E-state index is 5.07. The van der Waals surface area contributed by atoms with E-state index in [1.165, 1.54) is 44.7 Å². The standard InChI is InChI=1S/C21H37N5O/c1-3-22-21(24-12-18-27-2)23-11-7-8-13-25-14-16-26(17-15-25)19-20-9-5-4-6-10-20/h4-6,9-10H,3,7-8,11-19H2,1-2H3,(H2,22,23,24). The van der Waals surface area contributed by atoms with Gasteiger partial charge in [-0.2, -0.15) is 0 Å². The fourth-order valence-electron chi connectivity index (χ4n) is 3.26. The molecule has 2 N–H and O–H groups in total. The largest absolute Gasteiger partial charge is 0.383 e. The number of rotatable bonds is 11. The average molecular weight is 376 g/mol. The summed E-state index contributed by atoms with van der Waals surface area (Å²) in [6.45, 7) is 12.3. The minimum absolute atomic E-state index is 0.695. The monoisotopic (exact) mass is 375 g/mol. The normalized spacial score (nSPS) is 16.4. The van der Waals surface area contributed by atoms with Crippen LogP contribution in [0.1, 0.15) is 25.3 Å². The molecule has 1 aromatic carbocycles. The molecule has 0 atom stereocenters. The maximum Gasteiger partial charge on any atom is 0.191 e. The van der Waals surface area contributed by atoms with Gasteiger partial charge in [0, 0.05) is 59.5 Å². The van der Waals surface area contributed by atoms with Crippen molar-refractivity contribution in [3.63, 3.8) is 0 Å². The zero-order valence-corrected chi connectivity index (χ0v) is 17.1. The second-order valence-electron chi connectivity index (χ2n) is 6.99. The van der Waals surface area contributed by atoms with E-state index in [4.69, 9.17) is 4.74 Å². The minimum Gasteiger partial charge on any atom is -0.383 e. The highest BCUT2D eigenvalue weighted by molar-refractivity contribution is 5.79. The predicted octanol–water partition coefficient (Wildman–Crippen LogP) is 1.79. The number of unbranched alkanes of at least 4 members (excludes halogenated alkanes) is 1. The van der Waals surface area contributed by atoms with Crippen molar-refractivity contribution in [3.8, 4) is 0 Å². The Morgan fingerprint density at radius 1 is 1.04 bits per heavy atom. The number of hydrogen-bond acceptors (Lipinski definition) is 4. The molecule has 0 aromatic heterocycles. The number of ether oxygens (including phenoxy) is 1. The van der Waals surface area contributed by atoms with Gasteiger partial charge in [0.15, 0.2) is 5.96 Å². The Balaban J connectivity index is 1.56. The van der Waals surface area contributed by atoms with Crippen molar-refractivity contribution in [2.75, 3.05) is 66.1 Å². The average Bonchev–Trinajstić information content (AvgIpc) is 2.70. The Hall–Kier alpha value is -1.63. The van der Waals surface area contributed by atoms with Crippen LogP contribution in [-0.2, 0) is 11.3 Å². The molecule has 6 heteroatoms. The van der Waals surface area contributed by atoms with Crippen LogP contribution in [-0.4, -0.2) is 81.8 Å². The van der Waals surface area contributed by atoms with Gasteiger partial charge >= 0.3 is 0 Å². The molecule has 152 valence electrons. The molecule has 1 aromatic rings. The molecule has 1 saturated heterocycles. The van der Waals surface area contributed by atoms with Crippen molar-refractivity contribution < 1.29 is 4.74 Å². The SMILES string of the molecule is CCNC(=NCCCCN1CCN(Cc2ccccc2)CC1)NCCOC. The van der Waals surface area contributed by atoms with Gasteiger partial charge in [0.1, 0.15) is 0 Å². The van der Waals surface area contributed by atoms with Crippen molar-refractivity contribution >= 4 is 5.96 Å². The first-order valence-electron chi connectivity index (χ1n) is 10.3. The molecule has 0 bridgehead atoms. The van der Waals surface area contributed by atoms with Crippen LogP contribution in [0, 0.1) is 0 Å². The van der Waals surface area contributed by atoms with Gasteiger partial charge < -0.3 is 20.3 Å². The molecular formula is C21H37N5O. The Labute approximate surface area is 165 Å². The first kappa shape index (κ1) is 21.7. The topological polar surface area (TPSA) is 52.1 Å². The van der Waals surface area contributed by atoms with Crippen LogP contribution in [0.2, 0.25) is 0 Å². The molecule has 6 nitrogen and oxygen atoms in total. The molecule has 0 radical (unpaired) electrons. The highest BCUT2D eigenvalue weighted by Crippen LogP contribution is 2.09. The van der Waals surface area contributed by atoms with E-state index < -0.39 is 0 Å². The summed E-state index contributed by atoms with van der Waals surface area (Å²) in [4.78, 5) is 9.79. The summed E-state index contributed by atoms with van der Waals surface area (Å²) in [6.07, 6.45) is 2.34. The molecule has 0 unspecified atom stereocenters. The Bertz CT molecular complexity index is 515. The molecule has 0 amide bonds. The van der Waals surface area contributed by atoms with Gasteiger partial charge in [0.2, 0.25) is 0 Å². The predicted molar refractivity (Wildman–Crippen MR) is 113 cm³/mol. The number of benzene rings is 1. The molecule has 1 heterocycles. The summed E-state index contributed by atoms with van der Waals surface area (Å²) in [6, 6.07) is 10.8. The van der Waals surface area contributed by atoms with Gasteiger partial charge in [-0.1, -0.05) is 30.3 Å². The van der Waals surface area contributed by atoms with Crippen LogP contribution in [0.5, 0.6) is 0 Å². The smallest absolute Gasteiger partial charge is 0.191 e. The van der Waals surface area contributed by atoms with Gasteiger partial charge in [0.25, 0.3) is 0 Å². The zero-order chi connectivity index (χ0) is 19.2. The van der Waals surface area contributed by atoms with E-state index in [9.17, 15) is 0 Å². The summed E-state index contributed by atoms with van der Waals surface area (Å²) in [5.74, 6) is 0.893. The molecule has 0 aliphatic carbocycles. The summed E-state index contributed by atoms with van der Waals surface area (Å²) in [5.41, 5.74) is 1.42. The Kier molecular flexibility index (Phi) is 10.9. The lowest BCUT2D eigenvalue weighted by Gasteiger charge is -2.34. The van der Waals surface area contributed by atoms with E-state index in [-0.39, 0.29) is 0 Å². The lowest BCUT2D eigenvalue weighted by molar-refractivity contribution is 0.126. The fraction of sp³-hybridized carbons (Fsp3) is 0.667. The molecule has 2 rings (SSSR count). The van der Waals surface area contributed by atoms with E-state index in [0.29, 0.717) is 6.61 Å². The van der Waals surface area contributed by atoms with Gasteiger partial charge in [-0.05, 0) is 31.9 Å². The van der Waals surface area contributed by atoms with Gasteiger partial charge in [-0.3, -0.25) is 9.89 Å². The highest BCUT2D eigenvalue weighted by atomic mass is 16.5. The van der Waals surface area contributed by atoms with Gasteiger partial charge in [-0.15, -0.1) is 0 Å². The molecule has 1 fully saturated rings. The Morgan fingerprint density at radius 3 is 2.48 bits per heavy atom. The van der Waals surface area contributed by atoms with Crippen molar-refractivity contribution in [2.45, 2.75) is 26.3 Å². The van der Waals surface area contributed by atoms with Crippen molar-refractivity contribution in [1.29, 1.82) is 0 Å². The Morgan fingerprint density at radius 2 is 1.78 bits per heavy atom. The van der Waals surface area contributed by atoms with Crippen molar-refractivity contribution in [1.82, 2.24) is 20.4 Å². The number of aliphatic imine (C=N–C) groups is 1. The third-order valence-electron chi connectivity index (χ3n) is 4.81. The molecule has 0 saturated carbocycles. The lowest BCUT2D eigenvalue weighted by Crippen LogP contribution is -2.46. The second-order valence-corrected chi connectivity index (χ2v) is 6.99. The maximum atomic E-state index is 5.07. The van der Waals surface area contributed by atoms with Crippen LogP contribution >= 0.6 is 0 Å². The summed E-state index contributed by atoms with van der Waals surface area (Å²) in [7, 11) is 1.72. The molecule has 1 aliphatic heterocycles. The zero-order valence-electron chi connectivity index (χ0n) is 17.1. The molecular weight excluding hydrogens is 338 g/mol. The van der Waals surface area contributed by atoms with E-state index >= 15 is 0 Å². The van der Waals surface area contributed by atoms with E-state index in [1.54, 1.807) is 7.11 Å². The fourth-order valence-corrected chi connectivity index (χ4v) is 3.26. The van der Waals surface area contributed by atoms with E-state index in [2.05, 4.69) is 62.7 Å². The summed E-state index contributed by atoms with van der Waals surface area (Å²) < 4.78 is 5.07. The number of guanidine groups is 1. The van der Waals surface area contributed by atoms with Crippen LogP contribution in [0.25, 0.3) is 0 Å². The summed E-state index contributed by atoms with van der Waals surface area (Å²) >= 11 is 0. The van der Waals surface area contributed by atoms with Gasteiger partial charge in [0.05, 0.1) is 6.61 Å². The van der Waals surface area contributed by atoms with E-state index in [1.807, 2.05) is 0 Å². The number of nitrogens with one attached hydrogen (secondary N) is 2. The number of nitrogens with zero attached hydrogens (tertiary/aromatic N) is 3. The van der Waals surface area contributed by atoms with Crippen molar-refractivity contribution in [3.05, 3.63) is 35.9 Å². The third kappa shape index (κ3) is 9.22. The number of methoxy groups -OCH3 is 1.